The molecule has 1 aliphatic rings. The minimum atomic E-state index is -0.308. The molecule has 76 valence electrons. The normalized spacial score (nSPS) is 17.9. The van der Waals surface area contributed by atoms with Crippen LogP contribution in [-0.4, -0.2) is 10.1 Å². The van der Waals surface area contributed by atoms with Crippen LogP contribution in [0.3, 0.4) is 0 Å². The van der Waals surface area contributed by atoms with Gasteiger partial charge in [0.2, 0.25) is 0 Å². The van der Waals surface area contributed by atoms with Crippen molar-refractivity contribution in [3.63, 3.8) is 0 Å². The van der Waals surface area contributed by atoms with Gasteiger partial charge in [-0.1, -0.05) is 18.2 Å². The van der Waals surface area contributed by atoms with Crippen molar-refractivity contribution >= 4 is 10.9 Å². The van der Waals surface area contributed by atoms with E-state index >= 15 is 0 Å². The van der Waals surface area contributed by atoms with Crippen molar-refractivity contribution in [3.8, 4) is 0 Å². The number of aliphatic hydroxyl groups is 1. The Kier molecular flexibility index (Phi) is 1.96. The summed E-state index contributed by atoms with van der Waals surface area (Å²) >= 11 is 0. The van der Waals surface area contributed by atoms with Crippen molar-refractivity contribution in [1.82, 2.24) is 4.98 Å². The van der Waals surface area contributed by atoms with Crippen LogP contribution < -0.4 is 0 Å². The van der Waals surface area contributed by atoms with Crippen LogP contribution in [0.1, 0.15) is 24.5 Å². The molecule has 2 aromatic rings. The van der Waals surface area contributed by atoms with E-state index in [1.807, 2.05) is 30.3 Å². The lowest BCUT2D eigenvalue weighted by Gasteiger charge is -2.11. The highest BCUT2D eigenvalue weighted by Crippen LogP contribution is 2.42. The fraction of sp³-hybridized carbons (Fsp3) is 0.308. The van der Waals surface area contributed by atoms with E-state index in [1.54, 1.807) is 6.20 Å². The van der Waals surface area contributed by atoms with Crippen molar-refractivity contribution in [1.29, 1.82) is 0 Å². The number of aliphatic hydroxyl groups excluding tert-OH is 1. The van der Waals surface area contributed by atoms with Gasteiger partial charge in [0.1, 0.15) is 0 Å². The third kappa shape index (κ3) is 1.51. The molecular formula is C13H13NO. The summed E-state index contributed by atoms with van der Waals surface area (Å²) in [5.41, 5.74) is 2.00. The van der Waals surface area contributed by atoms with Gasteiger partial charge in [-0.05, 0) is 36.5 Å². The van der Waals surface area contributed by atoms with E-state index in [0.29, 0.717) is 5.92 Å². The molecular weight excluding hydrogens is 186 g/mol. The number of benzene rings is 1. The molecule has 0 aliphatic heterocycles. The predicted molar refractivity (Wildman–Crippen MR) is 59.4 cm³/mol. The largest absolute Gasteiger partial charge is 0.388 e. The first-order chi connectivity index (χ1) is 7.36. The standard InChI is InChI=1S/C13H13NO/c15-13(9-6-7-9)11-3-1-5-12-10(11)4-2-8-14-12/h1-5,8-9,13,15H,6-7H2. The van der Waals surface area contributed by atoms with Gasteiger partial charge in [0, 0.05) is 11.6 Å². The van der Waals surface area contributed by atoms with Gasteiger partial charge < -0.3 is 5.11 Å². The minimum absolute atomic E-state index is 0.308. The first-order valence-electron chi connectivity index (χ1n) is 5.38. The van der Waals surface area contributed by atoms with Crippen molar-refractivity contribution in [3.05, 3.63) is 42.1 Å². The molecule has 15 heavy (non-hydrogen) atoms. The summed E-state index contributed by atoms with van der Waals surface area (Å²) in [5, 5.41) is 11.2. The molecule has 1 aliphatic carbocycles. The van der Waals surface area contributed by atoms with E-state index in [4.69, 9.17) is 0 Å². The van der Waals surface area contributed by atoms with Gasteiger partial charge in [0.25, 0.3) is 0 Å². The molecule has 1 aromatic carbocycles. The molecule has 1 atom stereocenters. The monoisotopic (exact) mass is 199 g/mol. The zero-order chi connectivity index (χ0) is 10.3. The summed E-state index contributed by atoms with van der Waals surface area (Å²) < 4.78 is 0. The number of pyridine rings is 1. The lowest BCUT2D eigenvalue weighted by molar-refractivity contribution is 0.155. The maximum Gasteiger partial charge on any atom is 0.0824 e. The maximum atomic E-state index is 10.1. The Bertz CT molecular complexity index is 485. The average Bonchev–Trinajstić information content (AvgIpc) is 3.11. The van der Waals surface area contributed by atoms with E-state index in [2.05, 4.69) is 4.98 Å². The molecule has 3 rings (SSSR count). The van der Waals surface area contributed by atoms with Crippen LogP contribution in [0.15, 0.2) is 36.5 Å². The topological polar surface area (TPSA) is 33.1 Å². The Balaban J connectivity index is 2.16. The zero-order valence-corrected chi connectivity index (χ0v) is 8.43. The van der Waals surface area contributed by atoms with Crippen LogP contribution in [0.4, 0.5) is 0 Å². The Morgan fingerprint density at radius 3 is 2.87 bits per heavy atom. The predicted octanol–water partition coefficient (Wildman–Crippen LogP) is 2.68. The molecule has 1 fully saturated rings. The number of rotatable bonds is 2. The summed E-state index contributed by atoms with van der Waals surface area (Å²) in [5.74, 6) is 0.468. The molecule has 1 aromatic heterocycles. The molecule has 2 heteroatoms. The van der Waals surface area contributed by atoms with E-state index in [-0.39, 0.29) is 6.10 Å². The van der Waals surface area contributed by atoms with Gasteiger partial charge >= 0.3 is 0 Å². The summed E-state index contributed by atoms with van der Waals surface area (Å²) in [7, 11) is 0. The number of aromatic nitrogens is 1. The molecule has 0 amide bonds. The van der Waals surface area contributed by atoms with Gasteiger partial charge in [-0.3, -0.25) is 4.98 Å². The van der Waals surface area contributed by atoms with Crippen LogP contribution in [-0.2, 0) is 0 Å². The molecule has 1 N–H and O–H groups in total. The SMILES string of the molecule is OC(c1cccc2ncccc12)C1CC1. The molecule has 1 heterocycles. The third-order valence-corrected chi connectivity index (χ3v) is 3.07. The van der Waals surface area contributed by atoms with Crippen LogP contribution in [0.25, 0.3) is 10.9 Å². The van der Waals surface area contributed by atoms with Gasteiger partial charge in [-0.2, -0.15) is 0 Å². The minimum Gasteiger partial charge on any atom is -0.388 e. The lowest BCUT2D eigenvalue weighted by atomic mass is 10.0. The second kappa shape index (κ2) is 3.31. The van der Waals surface area contributed by atoms with Crippen LogP contribution in [0.2, 0.25) is 0 Å². The van der Waals surface area contributed by atoms with Gasteiger partial charge in [-0.25, -0.2) is 0 Å². The van der Waals surface area contributed by atoms with E-state index < -0.39 is 0 Å². The highest BCUT2D eigenvalue weighted by atomic mass is 16.3. The Morgan fingerprint density at radius 1 is 1.20 bits per heavy atom. The lowest BCUT2D eigenvalue weighted by Crippen LogP contribution is -2.00. The Morgan fingerprint density at radius 2 is 2.07 bits per heavy atom. The Labute approximate surface area is 88.6 Å². The zero-order valence-electron chi connectivity index (χ0n) is 8.43. The second-order valence-electron chi connectivity index (χ2n) is 4.20. The molecule has 0 spiro atoms. The first kappa shape index (κ1) is 8.86. The molecule has 0 saturated heterocycles. The van der Waals surface area contributed by atoms with Crippen molar-refractivity contribution < 1.29 is 5.11 Å². The fourth-order valence-corrected chi connectivity index (χ4v) is 2.05. The van der Waals surface area contributed by atoms with Gasteiger partial charge in [-0.15, -0.1) is 0 Å². The van der Waals surface area contributed by atoms with Crippen LogP contribution in [0.5, 0.6) is 0 Å². The Hall–Kier alpha value is -1.41. The third-order valence-electron chi connectivity index (χ3n) is 3.07. The number of hydrogen-bond donors (Lipinski definition) is 1. The molecule has 2 nitrogen and oxygen atoms in total. The number of hydrogen-bond acceptors (Lipinski definition) is 2. The van der Waals surface area contributed by atoms with Crippen molar-refractivity contribution in [2.24, 2.45) is 5.92 Å². The quantitative estimate of drug-likeness (QED) is 0.806. The van der Waals surface area contributed by atoms with Gasteiger partial charge in [0.15, 0.2) is 0 Å². The van der Waals surface area contributed by atoms with E-state index in [0.717, 1.165) is 29.3 Å². The summed E-state index contributed by atoms with van der Waals surface area (Å²) in [6.07, 6.45) is 3.78. The summed E-state index contributed by atoms with van der Waals surface area (Å²) in [6, 6.07) is 9.91. The van der Waals surface area contributed by atoms with Crippen LogP contribution in [0, 0.1) is 5.92 Å². The molecule has 1 saturated carbocycles. The first-order valence-corrected chi connectivity index (χ1v) is 5.38. The number of fused-ring (bicyclic) bond motifs is 1. The van der Waals surface area contributed by atoms with E-state index in [9.17, 15) is 5.11 Å². The van der Waals surface area contributed by atoms with Gasteiger partial charge in [0.05, 0.1) is 11.6 Å². The highest BCUT2D eigenvalue weighted by molar-refractivity contribution is 5.82. The van der Waals surface area contributed by atoms with Crippen molar-refractivity contribution in [2.75, 3.05) is 0 Å². The number of nitrogens with zero attached hydrogens (tertiary/aromatic N) is 1. The molecule has 1 unspecified atom stereocenters. The average molecular weight is 199 g/mol. The second-order valence-corrected chi connectivity index (χ2v) is 4.20. The summed E-state index contributed by atoms with van der Waals surface area (Å²) in [6.45, 7) is 0. The molecule has 0 radical (unpaired) electrons. The smallest absolute Gasteiger partial charge is 0.0824 e. The van der Waals surface area contributed by atoms with Crippen molar-refractivity contribution in [2.45, 2.75) is 18.9 Å². The maximum absolute atomic E-state index is 10.1. The fourth-order valence-electron chi connectivity index (χ4n) is 2.05. The van der Waals surface area contributed by atoms with Crippen LogP contribution >= 0.6 is 0 Å². The summed E-state index contributed by atoms with van der Waals surface area (Å²) in [4.78, 5) is 4.29. The van der Waals surface area contributed by atoms with E-state index in [1.165, 1.54) is 0 Å². The highest BCUT2D eigenvalue weighted by Gasteiger charge is 2.31. The molecule has 0 bridgehead atoms.